The molecule has 1 amide bonds. The first-order valence-electron chi connectivity index (χ1n) is 6.44. The third kappa shape index (κ3) is 3.85. The Bertz CT molecular complexity index is 886. The van der Waals surface area contributed by atoms with E-state index in [1.807, 2.05) is 0 Å². The van der Waals surface area contributed by atoms with Crippen molar-refractivity contribution in [2.45, 2.75) is 0 Å². The molecule has 7 nitrogen and oxygen atoms in total. The lowest BCUT2D eigenvalue weighted by Gasteiger charge is -2.13. The molecule has 23 heavy (non-hydrogen) atoms. The monoisotopic (exact) mass is 352 g/mol. The predicted molar refractivity (Wildman–Crippen MR) is 92.1 cm³/mol. The minimum Gasteiger partial charge on any atom is -0.318 e. The van der Waals surface area contributed by atoms with Crippen LogP contribution in [0.2, 0.25) is 5.02 Å². The van der Waals surface area contributed by atoms with E-state index in [-0.39, 0.29) is 10.9 Å². The van der Waals surface area contributed by atoms with Crippen molar-refractivity contribution >= 4 is 40.7 Å². The van der Waals surface area contributed by atoms with Gasteiger partial charge in [-0.15, -0.1) is 0 Å². The Morgan fingerprint density at radius 1 is 1.13 bits per heavy atom. The number of thiocarbonyl (C=S) groups is 1. The SMILES string of the molecule is Cn1c(NC(=S)NC(=O)c2ccc(Cl)cc2)cc(=O)n(C)c1=O. The number of nitrogens with one attached hydrogen (secondary N) is 2. The Morgan fingerprint density at radius 2 is 1.74 bits per heavy atom. The maximum atomic E-state index is 12.0. The number of carbonyl (C=O) groups is 1. The van der Waals surface area contributed by atoms with Crippen LogP contribution in [0.15, 0.2) is 39.9 Å². The molecule has 1 aromatic heterocycles. The molecule has 1 aromatic carbocycles. The molecule has 0 aliphatic heterocycles. The van der Waals surface area contributed by atoms with Crippen LogP contribution in [0.25, 0.3) is 0 Å². The fraction of sp³-hybridized carbons (Fsp3) is 0.143. The van der Waals surface area contributed by atoms with E-state index in [4.69, 9.17) is 23.8 Å². The third-order valence-corrected chi connectivity index (χ3v) is 3.56. The van der Waals surface area contributed by atoms with Crippen molar-refractivity contribution in [1.82, 2.24) is 14.5 Å². The molecule has 0 fully saturated rings. The minimum absolute atomic E-state index is 0.0341. The molecule has 9 heteroatoms. The van der Waals surface area contributed by atoms with E-state index < -0.39 is 17.2 Å². The van der Waals surface area contributed by atoms with Gasteiger partial charge in [0, 0.05) is 30.7 Å². The number of halogens is 1. The highest BCUT2D eigenvalue weighted by Gasteiger charge is 2.10. The van der Waals surface area contributed by atoms with Gasteiger partial charge in [0.15, 0.2) is 5.11 Å². The van der Waals surface area contributed by atoms with Crippen molar-refractivity contribution in [3.8, 4) is 0 Å². The molecule has 120 valence electrons. The molecule has 0 saturated carbocycles. The highest BCUT2D eigenvalue weighted by Crippen LogP contribution is 2.09. The summed E-state index contributed by atoms with van der Waals surface area (Å²) in [6.45, 7) is 0. The van der Waals surface area contributed by atoms with Gasteiger partial charge < -0.3 is 5.32 Å². The van der Waals surface area contributed by atoms with Crippen molar-refractivity contribution in [2.24, 2.45) is 14.1 Å². The first-order valence-corrected chi connectivity index (χ1v) is 7.23. The summed E-state index contributed by atoms with van der Waals surface area (Å²) in [7, 11) is 2.85. The lowest BCUT2D eigenvalue weighted by atomic mass is 10.2. The van der Waals surface area contributed by atoms with Crippen LogP contribution in [0.1, 0.15) is 10.4 Å². The smallest absolute Gasteiger partial charge is 0.318 e. The number of aromatic nitrogens is 2. The molecule has 0 saturated heterocycles. The number of hydrogen-bond acceptors (Lipinski definition) is 4. The van der Waals surface area contributed by atoms with Crippen molar-refractivity contribution in [3.05, 3.63) is 61.8 Å². The number of benzene rings is 1. The molecule has 0 radical (unpaired) electrons. The van der Waals surface area contributed by atoms with Gasteiger partial charge in [-0.2, -0.15) is 0 Å². The second-order valence-corrected chi connectivity index (χ2v) is 5.53. The maximum absolute atomic E-state index is 12.0. The number of hydrogen-bond donors (Lipinski definition) is 2. The number of rotatable bonds is 2. The number of amides is 1. The zero-order valence-electron chi connectivity index (χ0n) is 12.3. The summed E-state index contributed by atoms with van der Waals surface area (Å²) in [5, 5.41) is 5.59. The molecule has 0 aliphatic carbocycles. The summed E-state index contributed by atoms with van der Waals surface area (Å²) in [4.78, 5) is 35.5. The van der Waals surface area contributed by atoms with E-state index in [0.29, 0.717) is 10.6 Å². The molecule has 2 rings (SSSR count). The lowest BCUT2D eigenvalue weighted by molar-refractivity contribution is 0.0977. The Balaban J connectivity index is 2.14. The van der Waals surface area contributed by atoms with Gasteiger partial charge in [0.1, 0.15) is 5.82 Å². The molecule has 1 heterocycles. The summed E-state index contributed by atoms with van der Waals surface area (Å²) in [6, 6.07) is 7.47. The summed E-state index contributed by atoms with van der Waals surface area (Å²) in [6.07, 6.45) is 0. The molecule has 2 aromatic rings. The summed E-state index contributed by atoms with van der Waals surface area (Å²) >= 11 is 10.8. The number of carbonyl (C=O) groups excluding carboxylic acids is 1. The molecular weight excluding hydrogens is 340 g/mol. The van der Waals surface area contributed by atoms with Crippen LogP contribution in [0.5, 0.6) is 0 Å². The second kappa shape index (κ2) is 6.76. The van der Waals surface area contributed by atoms with Gasteiger partial charge in [-0.3, -0.25) is 24.0 Å². The Hall–Kier alpha value is -2.45. The molecule has 0 aliphatic rings. The van der Waals surface area contributed by atoms with Crippen LogP contribution in [0.4, 0.5) is 5.82 Å². The molecular formula is C14H13ClN4O3S. The number of anilines is 1. The Kier molecular flexibility index (Phi) is 4.97. The first kappa shape index (κ1) is 16.9. The normalized spacial score (nSPS) is 10.2. The van der Waals surface area contributed by atoms with Crippen LogP contribution >= 0.6 is 23.8 Å². The van der Waals surface area contributed by atoms with E-state index in [0.717, 1.165) is 4.57 Å². The third-order valence-electron chi connectivity index (χ3n) is 3.10. The van der Waals surface area contributed by atoms with Crippen LogP contribution < -0.4 is 21.9 Å². The van der Waals surface area contributed by atoms with Crippen LogP contribution in [0.3, 0.4) is 0 Å². The molecule has 0 spiro atoms. The van der Waals surface area contributed by atoms with E-state index in [1.165, 1.54) is 24.7 Å². The Morgan fingerprint density at radius 3 is 2.35 bits per heavy atom. The van der Waals surface area contributed by atoms with E-state index in [1.54, 1.807) is 24.3 Å². The zero-order valence-corrected chi connectivity index (χ0v) is 13.9. The largest absolute Gasteiger partial charge is 0.332 e. The van der Waals surface area contributed by atoms with Crippen LogP contribution in [0, 0.1) is 0 Å². The topological polar surface area (TPSA) is 85.1 Å². The summed E-state index contributed by atoms with van der Waals surface area (Å²) in [5.41, 5.74) is -0.620. The van der Waals surface area contributed by atoms with E-state index >= 15 is 0 Å². The van der Waals surface area contributed by atoms with Gasteiger partial charge in [-0.1, -0.05) is 11.6 Å². The molecule has 2 N–H and O–H groups in total. The van der Waals surface area contributed by atoms with Gasteiger partial charge in [0.25, 0.3) is 11.5 Å². The quantitative estimate of drug-likeness (QED) is 0.783. The second-order valence-electron chi connectivity index (χ2n) is 4.68. The van der Waals surface area contributed by atoms with Crippen molar-refractivity contribution < 1.29 is 4.79 Å². The van der Waals surface area contributed by atoms with Gasteiger partial charge in [-0.05, 0) is 36.5 Å². The van der Waals surface area contributed by atoms with Gasteiger partial charge in [-0.25, -0.2) is 4.79 Å². The first-order chi connectivity index (χ1) is 10.8. The maximum Gasteiger partial charge on any atom is 0.332 e. The fourth-order valence-corrected chi connectivity index (χ4v) is 2.10. The minimum atomic E-state index is -0.508. The lowest BCUT2D eigenvalue weighted by Crippen LogP contribution is -2.40. The van der Waals surface area contributed by atoms with E-state index in [2.05, 4.69) is 10.6 Å². The highest BCUT2D eigenvalue weighted by molar-refractivity contribution is 7.80. The summed E-state index contributed by atoms with van der Waals surface area (Å²) < 4.78 is 2.17. The molecule has 0 atom stereocenters. The standard InChI is InChI=1S/C14H13ClN4O3S/c1-18-10(7-11(20)19(2)14(18)22)16-13(23)17-12(21)8-3-5-9(15)6-4-8/h3-7H,1-2H3,(H2,16,17,21,23). The number of nitrogens with zero attached hydrogens (tertiary/aromatic N) is 2. The molecule has 0 bridgehead atoms. The van der Waals surface area contributed by atoms with Gasteiger partial charge >= 0.3 is 5.69 Å². The molecule has 0 unspecified atom stereocenters. The zero-order chi connectivity index (χ0) is 17.1. The average molecular weight is 353 g/mol. The predicted octanol–water partition coefficient (Wildman–Crippen LogP) is 0.864. The van der Waals surface area contributed by atoms with Crippen LogP contribution in [-0.4, -0.2) is 20.2 Å². The van der Waals surface area contributed by atoms with Crippen molar-refractivity contribution in [2.75, 3.05) is 5.32 Å². The van der Waals surface area contributed by atoms with Gasteiger partial charge in [0.2, 0.25) is 0 Å². The van der Waals surface area contributed by atoms with Crippen LogP contribution in [-0.2, 0) is 14.1 Å². The van der Waals surface area contributed by atoms with Crippen molar-refractivity contribution in [1.29, 1.82) is 0 Å². The Labute approximate surface area is 141 Å². The highest BCUT2D eigenvalue weighted by atomic mass is 35.5. The fourth-order valence-electron chi connectivity index (χ4n) is 1.78. The summed E-state index contributed by atoms with van der Waals surface area (Å²) in [5.74, 6) is -0.257. The van der Waals surface area contributed by atoms with Crippen molar-refractivity contribution in [3.63, 3.8) is 0 Å². The van der Waals surface area contributed by atoms with E-state index in [9.17, 15) is 14.4 Å². The van der Waals surface area contributed by atoms with Gasteiger partial charge in [0.05, 0.1) is 0 Å². The average Bonchev–Trinajstić information content (AvgIpc) is 2.51.